The molecule has 0 spiro atoms. The molecule has 15 heteroatoms. The maximum atomic E-state index is 13.3. The number of aryl methyl sites for hydroxylation is 1. The van der Waals surface area contributed by atoms with Crippen LogP contribution in [0.1, 0.15) is 47.6 Å². The highest BCUT2D eigenvalue weighted by atomic mass is 16.2. The number of aromatic nitrogens is 5. The predicted octanol–water partition coefficient (Wildman–Crippen LogP) is 5.23. The summed E-state index contributed by atoms with van der Waals surface area (Å²) in [7, 11) is 1.74. The van der Waals surface area contributed by atoms with E-state index in [-0.39, 0.29) is 23.9 Å². The van der Waals surface area contributed by atoms with Crippen LogP contribution in [0.2, 0.25) is 0 Å². The second-order valence-corrected chi connectivity index (χ2v) is 17.8. The first-order valence-electron chi connectivity index (χ1n) is 22.4. The van der Waals surface area contributed by atoms with Crippen LogP contribution in [0.25, 0.3) is 49.9 Å². The van der Waals surface area contributed by atoms with Crippen molar-refractivity contribution in [3.8, 4) is 27.9 Å². The molecule has 3 saturated heterocycles. The first-order chi connectivity index (χ1) is 31.1. The Balaban J connectivity index is 0.777. The fraction of sp³-hybridized carbons (Fsp3) is 0.327. The van der Waals surface area contributed by atoms with Crippen molar-refractivity contribution in [2.75, 3.05) is 67.9 Å². The Morgan fingerprint density at radius 2 is 1.52 bits per heavy atom. The van der Waals surface area contributed by atoms with E-state index in [1.54, 1.807) is 16.2 Å². The number of carbonyl (C=O) groups excluding carboxylic acids is 3. The first-order valence-corrected chi connectivity index (χ1v) is 22.4. The fourth-order valence-corrected chi connectivity index (χ4v) is 10.3. The van der Waals surface area contributed by atoms with Crippen LogP contribution in [0.3, 0.4) is 0 Å². The van der Waals surface area contributed by atoms with Crippen molar-refractivity contribution < 1.29 is 14.4 Å². The van der Waals surface area contributed by atoms with Gasteiger partial charge in [-0.15, -0.1) is 0 Å². The Hall–Kier alpha value is -7.13. The van der Waals surface area contributed by atoms with Gasteiger partial charge >= 0.3 is 5.69 Å². The summed E-state index contributed by atoms with van der Waals surface area (Å²) in [5, 5.41) is 11.3. The van der Waals surface area contributed by atoms with Crippen LogP contribution < -0.4 is 31.9 Å². The van der Waals surface area contributed by atoms with Crippen LogP contribution >= 0.6 is 0 Å². The SMILES string of the molecule is Cn1c(=O)n(C2CCC(=O)NC2=O)c2ccc(N3CCC(CN4CCN(c5cc(-c6ccc7cc[nH]c7c6)cc(-n6cc(-c7ccc8c(c7)CCNC8=O)c(N)n6)c5)CC4)CC3)cc21. The van der Waals surface area contributed by atoms with E-state index in [2.05, 4.69) is 91.0 Å². The number of nitrogens with zero attached hydrogens (tertiary/aromatic N) is 7. The zero-order valence-electron chi connectivity index (χ0n) is 35.8. The quantitative estimate of drug-likeness (QED) is 0.150. The number of imidazole rings is 1. The molecule has 5 N–H and O–H groups in total. The summed E-state index contributed by atoms with van der Waals surface area (Å²) < 4.78 is 5.03. The number of hydrogen-bond acceptors (Lipinski definition) is 9. The number of anilines is 3. The third kappa shape index (κ3) is 7.18. The van der Waals surface area contributed by atoms with E-state index in [9.17, 15) is 19.2 Å². The number of imide groups is 1. The van der Waals surface area contributed by atoms with Gasteiger partial charge < -0.3 is 25.8 Å². The summed E-state index contributed by atoms with van der Waals surface area (Å²) in [6.07, 6.45) is 7.46. The number of benzene rings is 4. The van der Waals surface area contributed by atoms with E-state index in [0.29, 0.717) is 35.8 Å². The molecule has 326 valence electrons. The molecule has 4 aliphatic heterocycles. The normalized spacial score (nSPS) is 18.8. The van der Waals surface area contributed by atoms with Gasteiger partial charge in [0.05, 0.1) is 16.7 Å². The van der Waals surface area contributed by atoms with E-state index in [1.165, 1.54) is 5.39 Å². The summed E-state index contributed by atoms with van der Waals surface area (Å²) in [5.74, 6) is 0.277. The number of nitrogens with one attached hydrogen (secondary N) is 3. The molecule has 4 aromatic carbocycles. The highest BCUT2D eigenvalue weighted by Crippen LogP contribution is 2.35. The Morgan fingerprint density at radius 3 is 2.34 bits per heavy atom. The van der Waals surface area contributed by atoms with Crippen LogP contribution in [0.4, 0.5) is 17.2 Å². The highest BCUT2D eigenvalue weighted by molar-refractivity contribution is 6.00. The number of amides is 3. The molecular formula is C49H51N11O4. The minimum absolute atomic E-state index is 0.0366. The molecule has 11 rings (SSSR count). The highest BCUT2D eigenvalue weighted by Gasteiger charge is 2.32. The summed E-state index contributed by atoms with van der Waals surface area (Å²) in [6, 6.07) is 26.6. The summed E-state index contributed by atoms with van der Waals surface area (Å²) in [6.45, 7) is 7.31. The van der Waals surface area contributed by atoms with Crippen LogP contribution in [-0.2, 0) is 23.1 Å². The standard InChI is InChI=1S/C49H51N11O4/c1-55-44-27-36(5-7-42(44)60(49(55)64)43-8-9-45(61)53-48(43)63)57-16-12-30(13-17-57)28-56-18-20-58(21-19-56)37-23-35(32-3-2-31-10-14-51-41(31)25-32)24-38(26-37)59-29-40(46(50)54-59)33-4-6-39-34(22-33)11-15-52-47(39)62/h2-7,10,14,22-27,29-30,43,51H,8-9,11-13,15-21,28H2,1H3,(H2,50,54)(H,52,62)(H,53,61,63). The lowest BCUT2D eigenvalue weighted by Crippen LogP contribution is -2.49. The van der Waals surface area contributed by atoms with Crippen molar-refractivity contribution >= 4 is 56.9 Å². The average Bonchev–Trinajstić information content (AvgIpc) is 4.02. The fourth-order valence-electron chi connectivity index (χ4n) is 10.3. The summed E-state index contributed by atoms with van der Waals surface area (Å²) in [5.41, 5.74) is 17.8. The third-order valence-electron chi connectivity index (χ3n) is 14.0. The average molecular weight is 858 g/mol. The third-order valence-corrected chi connectivity index (χ3v) is 14.0. The van der Waals surface area contributed by atoms with Gasteiger partial charge in [-0.05, 0) is 114 Å². The summed E-state index contributed by atoms with van der Waals surface area (Å²) in [4.78, 5) is 61.1. The van der Waals surface area contributed by atoms with Gasteiger partial charge in [-0.25, -0.2) is 9.48 Å². The van der Waals surface area contributed by atoms with Crippen LogP contribution in [0.5, 0.6) is 0 Å². The number of piperidine rings is 2. The Bertz CT molecular complexity index is 3050. The summed E-state index contributed by atoms with van der Waals surface area (Å²) >= 11 is 0. The molecule has 1 atom stereocenters. The predicted molar refractivity (Wildman–Crippen MR) is 249 cm³/mol. The molecule has 3 amide bonds. The van der Waals surface area contributed by atoms with E-state index < -0.39 is 11.9 Å². The number of aromatic amines is 1. The Labute approximate surface area is 369 Å². The number of nitrogen functional groups attached to an aromatic ring is 1. The van der Waals surface area contributed by atoms with Gasteiger partial charge in [0.1, 0.15) is 6.04 Å². The van der Waals surface area contributed by atoms with Crippen molar-refractivity contribution in [3.05, 3.63) is 113 Å². The number of hydrogen-bond donors (Lipinski definition) is 4. The molecule has 1 unspecified atom stereocenters. The number of nitrogens with two attached hydrogens (primary N) is 1. The van der Waals surface area contributed by atoms with Gasteiger partial charge in [-0.1, -0.05) is 24.3 Å². The number of fused-ring (bicyclic) bond motifs is 3. The van der Waals surface area contributed by atoms with Gasteiger partial charge in [-0.3, -0.25) is 33.7 Å². The Morgan fingerprint density at radius 1 is 0.719 bits per heavy atom. The maximum Gasteiger partial charge on any atom is 0.329 e. The monoisotopic (exact) mass is 857 g/mol. The lowest BCUT2D eigenvalue weighted by atomic mass is 9.95. The maximum absolute atomic E-state index is 13.3. The first kappa shape index (κ1) is 39.7. The molecule has 0 saturated carbocycles. The van der Waals surface area contributed by atoms with Gasteiger partial charge in [0.2, 0.25) is 11.8 Å². The number of carbonyl (C=O) groups is 3. The molecular weight excluding hydrogens is 807 g/mol. The van der Waals surface area contributed by atoms with Crippen molar-refractivity contribution in [2.24, 2.45) is 13.0 Å². The van der Waals surface area contributed by atoms with Crippen LogP contribution in [-0.4, -0.2) is 98.9 Å². The van der Waals surface area contributed by atoms with Gasteiger partial charge in [0.25, 0.3) is 5.91 Å². The van der Waals surface area contributed by atoms with Crippen molar-refractivity contribution in [1.82, 2.24) is 39.4 Å². The molecule has 3 aromatic heterocycles. The molecule has 15 nitrogen and oxygen atoms in total. The van der Waals surface area contributed by atoms with E-state index in [0.717, 1.165) is 121 Å². The molecule has 0 bridgehead atoms. The molecule has 0 aliphatic carbocycles. The minimum atomic E-state index is -0.693. The molecule has 4 aliphatic rings. The Kier molecular flexibility index (Phi) is 9.86. The zero-order valence-corrected chi connectivity index (χ0v) is 35.8. The second kappa shape index (κ2) is 15.9. The molecule has 7 heterocycles. The number of H-pyrrole nitrogens is 1. The molecule has 3 fully saturated rings. The second-order valence-electron chi connectivity index (χ2n) is 17.8. The van der Waals surface area contributed by atoms with Gasteiger partial charge in [0, 0.05) is 106 Å². The smallest absolute Gasteiger partial charge is 0.329 e. The van der Waals surface area contributed by atoms with Crippen molar-refractivity contribution in [3.63, 3.8) is 0 Å². The zero-order chi connectivity index (χ0) is 43.6. The van der Waals surface area contributed by atoms with Crippen LogP contribution in [0.15, 0.2) is 96.1 Å². The molecule has 0 radical (unpaired) electrons. The van der Waals surface area contributed by atoms with E-state index >= 15 is 0 Å². The van der Waals surface area contributed by atoms with E-state index in [4.69, 9.17) is 10.8 Å². The van der Waals surface area contributed by atoms with Crippen LogP contribution in [0, 0.1) is 5.92 Å². The molecule has 64 heavy (non-hydrogen) atoms. The lowest BCUT2D eigenvalue weighted by Gasteiger charge is -2.40. The number of piperazine rings is 1. The topological polar surface area (TPSA) is 172 Å². The van der Waals surface area contributed by atoms with E-state index in [1.807, 2.05) is 35.3 Å². The van der Waals surface area contributed by atoms with Gasteiger partial charge in [-0.2, -0.15) is 5.10 Å². The van der Waals surface area contributed by atoms with Crippen molar-refractivity contribution in [2.45, 2.75) is 38.1 Å². The van der Waals surface area contributed by atoms with Crippen molar-refractivity contribution in [1.29, 1.82) is 0 Å². The number of rotatable bonds is 8. The molecule has 7 aromatic rings. The lowest BCUT2D eigenvalue weighted by molar-refractivity contribution is -0.135. The largest absolute Gasteiger partial charge is 0.382 e. The van der Waals surface area contributed by atoms with Gasteiger partial charge in [0.15, 0.2) is 5.82 Å². The minimum Gasteiger partial charge on any atom is -0.382 e.